The number of hydrogen-bond acceptors (Lipinski definition) is 6. The van der Waals surface area contributed by atoms with Crippen LogP contribution in [0.2, 0.25) is 0 Å². The molecule has 2 amide bonds. The van der Waals surface area contributed by atoms with E-state index in [9.17, 15) is 18.0 Å². The van der Waals surface area contributed by atoms with Crippen LogP contribution in [-0.4, -0.2) is 42.8 Å². The second kappa shape index (κ2) is 8.34. The van der Waals surface area contributed by atoms with Crippen LogP contribution in [0.3, 0.4) is 0 Å². The van der Waals surface area contributed by atoms with Crippen LogP contribution in [0.25, 0.3) is 0 Å². The molecular weight excluding hydrogens is 396 g/mol. The number of hydrogen-bond donors (Lipinski definition) is 2. The lowest BCUT2D eigenvalue weighted by atomic mass is 9.97. The number of carbonyl (C=O) groups is 2. The van der Waals surface area contributed by atoms with Gasteiger partial charge in [-0.05, 0) is 32.3 Å². The highest BCUT2D eigenvalue weighted by molar-refractivity contribution is 7.89. The Bertz CT molecular complexity index is 983. The molecule has 10 heteroatoms. The summed E-state index contributed by atoms with van der Waals surface area (Å²) in [6.07, 6.45) is 1.03. The van der Waals surface area contributed by atoms with Gasteiger partial charge in [-0.2, -0.15) is 4.31 Å². The van der Waals surface area contributed by atoms with Crippen molar-refractivity contribution in [1.29, 1.82) is 0 Å². The zero-order chi connectivity index (χ0) is 21.2. The van der Waals surface area contributed by atoms with Crippen LogP contribution >= 0.6 is 0 Å². The van der Waals surface area contributed by atoms with Gasteiger partial charge in [0.15, 0.2) is 5.76 Å². The number of piperidine rings is 1. The third kappa shape index (κ3) is 4.33. The Hall–Kier alpha value is -2.72. The van der Waals surface area contributed by atoms with E-state index in [1.54, 1.807) is 44.2 Å². The van der Waals surface area contributed by atoms with Gasteiger partial charge in [-0.25, -0.2) is 8.42 Å². The van der Waals surface area contributed by atoms with E-state index in [4.69, 9.17) is 10.3 Å². The molecule has 1 saturated heterocycles. The van der Waals surface area contributed by atoms with E-state index in [0.717, 1.165) is 0 Å². The van der Waals surface area contributed by atoms with E-state index in [1.807, 2.05) is 0 Å². The summed E-state index contributed by atoms with van der Waals surface area (Å²) < 4.78 is 32.3. The Balaban J connectivity index is 1.76. The third-order valence-corrected chi connectivity index (χ3v) is 7.13. The lowest BCUT2D eigenvalue weighted by Gasteiger charge is -2.31. The molecule has 1 fully saturated rings. The molecule has 2 heterocycles. The molecule has 9 nitrogen and oxygen atoms in total. The van der Waals surface area contributed by atoms with Crippen LogP contribution in [0.15, 0.2) is 39.8 Å². The third-order valence-electron chi connectivity index (χ3n) is 5.02. The highest BCUT2D eigenvalue weighted by atomic mass is 32.2. The number of rotatable bonds is 6. The molecule has 156 valence electrons. The number of sulfonamides is 1. The van der Waals surface area contributed by atoms with Crippen LogP contribution in [0, 0.1) is 19.8 Å². The van der Waals surface area contributed by atoms with E-state index in [-0.39, 0.29) is 22.9 Å². The summed E-state index contributed by atoms with van der Waals surface area (Å²) in [5, 5.41) is 6.38. The Kier molecular flexibility index (Phi) is 6.04. The highest BCUT2D eigenvalue weighted by Crippen LogP contribution is 2.28. The fraction of sp³-hybridized carbons (Fsp3) is 0.421. The van der Waals surface area contributed by atoms with Crippen molar-refractivity contribution >= 4 is 21.8 Å². The predicted molar refractivity (Wildman–Crippen MR) is 104 cm³/mol. The average Bonchev–Trinajstić information content (AvgIpc) is 3.05. The summed E-state index contributed by atoms with van der Waals surface area (Å²) in [5.74, 6) is -1.46. The van der Waals surface area contributed by atoms with Crippen molar-refractivity contribution in [3.05, 3.63) is 47.3 Å². The Morgan fingerprint density at radius 1 is 1.28 bits per heavy atom. The van der Waals surface area contributed by atoms with Crippen molar-refractivity contribution in [3.8, 4) is 0 Å². The quantitative estimate of drug-likeness (QED) is 0.717. The van der Waals surface area contributed by atoms with Crippen molar-refractivity contribution < 1.29 is 22.5 Å². The molecular formula is C19H24N4O5S. The van der Waals surface area contributed by atoms with Gasteiger partial charge >= 0.3 is 0 Å². The molecule has 2 atom stereocenters. The maximum Gasteiger partial charge on any atom is 0.248 e. The molecule has 29 heavy (non-hydrogen) atoms. The van der Waals surface area contributed by atoms with E-state index in [0.29, 0.717) is 24.9 Å². The Labute approximate surface area is 169 Å². The van der Waals surface area contributed by atoms with Crippen molar-refractivity contribution in [3.63, 3.8) is 0 Å². The first-order valence-corrected chi connectivity index (χ1v) is 10.7. The van der Waals surface area contributed by atoms with Crippen molar-refractivity contribution in [2.45, 2.75) is 37.6 Å². The summed E-state index contributed by atoms with van der Waals surface area (Å²) in [6.45, 7) is 3.42. The normalized spacial score (nSPS) is 18.9. The summed E-state index contributed by atoms with van der Waals surface area (Å²) in [6, 6.07) is 7.71. The molecule has 2 unspecified atom stereocenters. The molecule has 0 spiro atoms. The van der Waals surface area contributed by atoms with Gasteiger partial charge in [-0.15, -0.1) is 0 Å². The minimum absolute atomic E-state index is 0.0124. The number of nitrogens with one attached hydrogen (secondary N) is 1. The number of benzene rings is 1. The van der Waals surface area contributed by atoms with Gasteiger partial charge in [0, 0.05) is 13.1 Å². The largest absolute Gasteiger partial charge is 0.368 e. The van der Waals surface area contributed by atoms with Gasteiger partial charge in [-0.3, -0.25) is 9.59 Å². The standard InChI is InChI=1S/C19H24N4O5S/c1-12-17(13(2)28-22-12)29(26,27)23-10-6-9-15(11-23)19(25)21-16(18(20)24)14-7-4-3-5-8-14/h3-5,7-8,15-16H,6,9-11H2,1-2H3,(H2,20,24)(H,21,25). The molecule has 1 aromatic heterocycles. The minimum Gasteiger partial charge on any atom is -0.368 e. The lowest BCUT2D eigenvalue weighted by Crippen LogP contribution is -2.47. The average molecular weight is 420 g/mol. The topological polar surface area (TPSA) is 136 Å². The zero-order valence-corrected chi connectivity index (χ0v) is 17.1. The molecule has 0 radical (unpaired) electrons. The van der Waals surface area contributed by atoms with Crippen LogP contribution in [-0.2, 0) is 19.6 Å². The van der Waals surface area contributed by atoms with Gasteiger partial charge in [0.1, 0.15) is 16.6 Å². The minimum atomic E-state index is -3.84. The first kappa shape index (κ1) is 21.0. The predicted octanol–water partition coefficient (Wildman–Crippen LogP) is 1.03. The number of aromatic nitrogens is 1. The number of nitrogens with two attached hydrogens (primary N) is 1. The maximum atomic E-state index is 13.0. The van der Waals surface area contributed by atoms with Gasteiger partial charge in [0.05, 0.1) is 5.92 Å². The van der Waals surface area contributed by atoms with Gasteiger partial charge in [0.2, 0.25) is 21.8 Å². The summed E-state index contributed by atoms with van der Waals surface area (Å²) in [5.41, 5.74) is 6.32. The van der Waals surface area contributed by atoms with Crippen molar-refractivity contribution in [2.24, 2.45) is 11.7 Å². The van der Waals surface area contributed by atoms with Gasteiger partial charge in [-0.1, -0.05) is 35.5 Å². The summed E-state index contributed by atoms with van der Waals surface area (Å²) >= 11 is 0. The fourth-order valence-corrected chi connectivity index (χ4v) is 5.39. The number of amides is 2. The number of primary amides is 1. The van der Waals surface area contributed by atoms with Crippen molar-refractivity contribution in [2.75, 3.05) is 13.1 Å². The summed E-state index contributed by atoms with van der Waals surface area (Å²) in [4.78, 5) is 24.7. The monoisotopic (exact) mass is 420 g/mol. The molecule has 3 N–H and O–H groups in total. The Morgan fingerprint density at radius 3 is 2.55 bits per heavy atom. The molecule has 0 saturated carbocycles. The SMILES string of the molecule is Cc1noc(C)c1S(=O)(=O)N1CCCC(C(=O)NC(C(N)=O)c2ccccc2)C1. The second-order valence-electron chi connectivity index (χ2n) is 7.11. The molecule has 2 aromatic rings. The molecule has 3 rings (SSSR count). The van der Waals surface area contributed by atoms with Gasteiger partial charge in [0.25, 0.3) is 0 Å². The number of aryl methyl sites for hydroxylation is 2. The first-order chi connectivity index (χ1) is 13.7. The number of nitrogens with zero attached hydrogens (tertiary/aromatic N) is 2. The number of carbonyl (C=O) groups excluding carboxylic acids is 2. The first-order valence-electron chi connectivity index (χ1n) is 9.29. The van der Waals surface area contributed by atoms with Crippen molar-refractivity contribution in [1.82, 2.24) is 14.8 Å². The van der Waals surface area contributed by atoms with Crippen LogP contribution in [0.5, 0.6) is 0 Å². The van der Waals surface area contributed by atoms with Crippen LogP contribution in [0.4, 0.5) is 0 Å². The van der Waals surface area contributed by atoms with Crippen LogP contribution < -0.4 is 11.1 Å². The maximum absolute atomic E-state index is 13.0. The van der Waals surface area contributed by atoms with Crippen LogP contribution in [0.1, 0.15) is 35.9 Å². The smallest absolute Gasteiger partial charge is 0.248 e. The van der Waals surface area contributed by atoms with Gasteiger partial charge < -0.3 is 15.6 Å². The Morgan fingerprint density at radius 2 is 1.97 bits per heavy atom. The molecule has 1 aliphatic rings. The molecule has 1 aliphatic heterocycles. The highest BCUT2D eigenvalue weighted by Gasteiger charge is 2.37. The lowest BCUT2D eigenvalue weighted by molar-refractivity contribution is -0.130. The molecule has 0 bridgehead atoms. The second-order valence-corrected chi connectivity index (χ2v) is 8.98. The summed E-state index contributed by atoms with van der Waals surface area (Å²) in [7, 11) is -3.84. The fourth-order valence-electron chi connectivity index (χ4n) is 3.57. The molecule has 0 aliphatic carbocycles. The van der Waals surface area contributed by atoms with E-state index < -0.39 is 33.8 Å². The van der Waals surface area contributed by atoms with E-state index >= 15 is 0 Å². The molecule has 1 aromatic carbocycles. The van der Waals surface area contributed by atoms with E-state index in [2.05, 4.69) is 10.5 Å². The zero-order valence-electron chi connectivity index (χ0n) is 16.3. The van der Waals surface area contributed by atoms with E-state index in [1.165, 1.54) is 4.31 Å².